The third-order valence-corrected chi connectivity index (χ3v) is 4.21. The van der Waals surface area contributed by atoms with Crippen LogP contribution in [-0.4, -0.2) is 26.3 Å². The molecular formula is C10H10ClF3O3S2. The number of ether oxygens (including phenoxy) is 1. The first-order chi connectivity index (χ1) is 8.59. The topological polar surface area (TPSA) is 43.4 Å². The molecule has 0 radical (unpaired) electrons. The van der Waals surface area contributed by atoms with E-state index >= 15 is 0 Å². The summed E-state index contributed by atoms with van der Waals surface area (Å²) in [5.74, 6) is 0.0577. The van der Waals surface area contributed by atoms with Gasteiger partial charge in [-0.1, -0.05) is 0 Å². The highest BCUT2D eigenvalue weighted by Crippen LogP contribution is 2.30. The van der Waals surface area contributed by atoms with Crippen molar-refractivity contribution < 1.29 is 26.3 Å². The Balaban J connectivity index is 2.60. The molecule has 1 aromatic carbocycles. The van der Waals surface area contributed by atoms with E-state index in [0.29, 0.717) is 11.3 Å². The van der Waals surface area contributed by atoms with Gasteiger partial charge in [-0.05, 0) is 42.4 Å². The summed E-state index contributed by atoms with van der Waals surface area (Å²) >= 11 is -0.178. The Morgan fingerprint density at radius 1 is 1.37 bits per heavy atom. The number of hydrogen-bond acceptors (Lipinski definition) is 4. The first kappa shape index (κ1) is 16.5. The molecule has 0 spiro atoms. The minimum Gasteiger partial charge on any atom is -0.493 e. The SMILES string of the molecule is Cc1cc(OCCSC(F)(F)F)ccc1S(=O)(=O)Cl. The summed E-state index contributed by atoms with van der Waals surface area (Å²) in [6.45, 7) is 1.39. The molecule has 0 unspecified atom stereocenters. The van der Waals surface area contributed by atoms with Crippen LogP contribution in [0.25, 0.3) is 0 Å². The second-order valence-corrected chi connectivity index (χ2v) is 7.20. The van der Waals surface area contributed by atoms with E-state index in [2.05, 4.69) is 0 Å². The van der Waals surface area contributed by atoms with Gasteiger partial charge in [-0.2, -0.15) is 13.2 Å². The Labute approximate surface area is 117 Å². The van der Waals surface area contributed by atoms with Gasteiger partial charge >= 0.3 is 5.51 Å². The summed E-state index contributed by atoms with van der Waals surface area (Å²) < 4.78 is 62.9. The number of aryl methyl sites for hydroxylation is 1. The smallest absolute Gasteiger partial charge is 0.441 e. The van der Waals surface area contributed by atoms with Crippen LogP contribution in [0.1, 0.15) is 5.56 Å². The van der Waals surface area contributed by atoms with E-state index in [0.717, 1.165) is 0 Å². The average Bonchev–Trinajstić information content (AvgIpc) is 2.21. The molecule has 0 aromatic heterocycles. The molecule has 0 saturated carbocycles. The van der Waals surface area contributed by atoms with E-state index < -0.39 is 14.6 Å². The number of alkyl halides is 3. The number of benzene rings is 1. The van der Waals surface area contributed by atoms with E-state index in [1.807, 2.05) is 0 Å². The Hall–Kier alpha value is -0.600. The summed E-state index contributed by atoms with van der Waals surface area (Å²) in [4.78, 5) is -0.0498. The highest BCUT2D eigenvalue weighted by molar-refractivity contribution is 8.13. The molecule has 0 amide bonds. The molecular weight excluding hydrogens is 325 g/mol. The molecule has 0 heterocycles. The Bertz CT molecular complexity index is 543. The van der Waals surface area contributed by atoms with E-state index in [4.69, 9.17) is 15.4 Å². The van der Waals surface area contributed by atoms with Crippen LogP contribution in [0.15, 0.2) is 23.1 Å². The van der Waals surface area contributed by atoms with Gasteiger partial charge in [0.2, 0.25) is 0 Å². The predicted molar refractivity (Wildman–Crippen MR) is 68.2 cm³/mol. The second kappa shape index (κ2) is 6.23. The quantitative estimate of drug-likeness (QED) is 0.610. The van der Waals surface area contributed by atoms with Crippen LogP contribution in [0, 0.1) is 6.92 Å². The zero-order valence-corrected chi connectivity index (χ0v) is 12.1. The Morgan fingerprint density at radius 2 is 2.00 bits per heavy atom. The van der Waals surface area contributed by atoms with Gasteiger partial charge in [-0.25, -0.2) is 8.42 Å². The highest BCUT2D eigenvalue weighted by atomic mass is 35.7. The van der Waals surface area contributed by atoms with Gasteiger partial charge in [0.05, 0.1) is 11.5 Å². The first-order valence-electron chi connectivity index (χ1n) is 4.98. The molecule has 3 nitrogen and oxygen atoms in total. The van der Waals surface area contributed by atoms with E-state index in [9.17, 15) is 21.6 Å². The minimum absolute atomic E-state index is 0.0498. The lowest BCUT2D eigenvalue weighted by Gasteiger charge is -2.09. The molecule has 1 aromatic rings. The number of rotatable bonds is 5. The largest absolute Gasteiger partial charge is 0.493 e. The van der Waals surface area contributed by atoms with Crippen molar-refractivity contribution in [1.82, 2.24) is 0 Å². The maximum absolute atomic E-state index is 11.9. The standard InChI is InChI=1S/C10H10ClF3O3S2/c1-7-6-8(2-3-9(7)19(11,15)16)17-4-5-18-10(12,13)14/h2-3,6H,4-5H2,1H3. The van der Waals surface area contributed by atoms with E-state index in [1.54, 1.807) is 0 Å². The van der Waals surface area contributed by atoms with Gasteiger partial charge in [-0.3, -0.25) is 0 Å². The van der Waals surface area contributed by atoms with Crippen molar-refractivity contribution in [1.29, 1.82) is 0 Å². The van der Waals surface area contributed by atoms with Crippen molar-refractivity contribution in [3.63, 3.8) is 0 Å². The first-order valence-corrected chi connectivity index (χ1v) is 8.28. The fourth-order valence-electron chi connectivity index (χ4n) is 1.30. The van der Waals surface area contributed by atoms with Crippen LogP contribution in [0.2, 0.25) is 0 Å². The molecule has 9 heteroatoms. The average molecular weight is 335 g/mol. The molecule has 108 valence electrons. The molecule has 0 aliphatic carbocycles. The number of hydrogen-bond donors (Lipinski definition) is 0. The third-order valence-electron chi connectivity index (χ3n) is 2.03. The van der Waals surface area contributed by atoms with Gasteiger partial charge < -0.3 is 4.74 Å². The molecule has 0 aliphatic heterocycles. The predicted octanol–water partition coefficient (Wildman–Crippen LogP) is 3.55. The molecule has 0 fully saturated rings. The Morgan fingerprint density at radius 3 is 2.47 bits per heavy atom. The lowest BCUT2D eigenvalue weighted by atomic mass is 10.2. The summed E-state index contributed by atoms with van der Waals surface area (Å²) in [6, 6.07) is 4.01. The highest BCUT2D eigenvalue weighted by Gasteiger charge is 2.27. The molecule has 0 saturated heterocycles. The summed E-state index contributed by atoms with van der Waals surface area (Å²) in [5, 5.41) is 0. The van der Waals surface area contributed by atoms with E-state index in [-0.39, 0.29) is 29.0 Å². The zero-order chi connectivity index (χ0) is 14.7. The van der Waals surface area contributed by atoms with Crippen LogP contribution < -0.4 is 4.74 Å². The summed E-state index contributed by atoms with van der Waals surface area (Å²) in [5.41, 5.74) is -3.91. The van der Waals surface area contributed by atoms with Gasteiger partial charge in [0.25, 0.3) is 9.05 Å². The maximum atomic E-state index is 11.9. The van der Waals surface area contributed by atoms with Gasteiger partial charge in [0, 0.05) is 16.4 Å². The molecule has 0 aliphatic rings. The summed E-state index contributed by atoms with van der Waals surface area (Å²) in [6.07, 6.45) is 0. The van der Waals surface area contributed by atoms with Crippen molar-refractivity contribution >= 4 is 31.5 Å². The molecule has 0 N–H and O–H groups in total. The summed E-state index contributed by atoms with van der Waals surface area (Å²) in [7, 11) is 1.37. The Kier molecular flexibility index (Phi) is 5.40. The van der Waals surface area contributed by atoms with Crippen LogP contribution in [0.4, 0.5) is 13.2 Å². The minimum atomic E-state index is -4.28. The van der Waals surface area contributed by atoms with Gasteiger partial charge in [0.1, 0.15) is 5.75 Å². The molecule has 19 heavy (non-hydrogen) atoms. The normalized spacial score (nSPS) is 12.5. The van der Waals surface area contributed by atoms with Crippen molar-refractivity contribution in [2.75, 3.05) is 12.4 Å². The third kappa shape index (κ3) is 5.92. The monoisotopic (exact) mass is 334 g/mol. The maximum Gasteiger partial charge on any atom is 0.441 e. The van der Waals surface area contributed by atoms with Crippen LogP contribution in [0.5, 0.6) is 5.75 Å². The number of halogens is 4. The van der Waals surface area contributed by atoms with Crippen molar-refractivity contribution in [3.05, 3.63) is 23.8 Å². The fourth-order valence-corrected chi connectivity index (χ4v) is 2.89. The molecule has 1 rings (SSSR count). The van der Waals surface area contributed by atoms with Crippen LogP contribution >= 0.6 is 22.4 Å². The van der Waals surface area contributed by atoms with Crippen LogP contribution in [-0.2, 0) is 9.05 Å². The van der Waals surface area contributed by atoms with Gasteiger partial charge in [-0.15, -0.1) is 0 Å². The van der Waals surface area contributed by atoms with Crippen molar-refractivity contribution in [2.45, 2.75) is 17.3 Å². The second-order valence-electron chi connectivity index (χ2n) is 3.51. The van der Waals surface area contributed by atoms with Crippen molar-refractivity contribution in [2.24, 2.45) is 0 Å². The fraction of sp³-hybridized carbons (Fsp3) is 0.400. The van der Waals surface area contributed by atoms with Crippen LogP contribution in [0.3, 0.4) is 0 Å². The lowest BCUT2D eigenvalue weighted by Crippen LogP contribution is -2.07. The zero-order valence-electron chi connectivity index (χ0n) is 9.70. The molecule has 0 bridgehead atoms. The van der Waals surface area contributed by atoms with Crippen molar-refractivity contribution in [3.8, 4) is 5.75 Å². The van der Waals surface area contributed by atoms with E-state index in [1.165, 1.54) is 25.1 Å². The number of thioether (sulfide) groups is 1. The molecule has 0 atom stereocenters. The van der Waals surface area contributed by atoms with Gasteiger partial charge in [0.15, 0.2) is 0 Å². The lowest BCUT2D eigenvalue weighted by molar-refractivity contribution is -0.0329.